The molecule has 1 amide bonds. The predicted octanol–water partition coefficient (Wildman–Crippen LogP) is 3.73. The Morgan fingerprint density at radius 1 is 1.17 bits per heavy atom. The Bertz CT molecular complexity index is 1060. The summed E-state index contributed by atoms with van der Waals surface area (Å²) in [6, 6.07) is 3.52. The van der Waals surface area contributed by atoms with Crippen molar-refractivity contribution in [3.63, 3.8) is 0 Å². The molecule has 1 aliphatic carbocycles. The largest absolute Gasteiger partial charge is 0.416 e. The fraction of sp³-hybridized carbons (Fsp3) is 0.708. The molecule has 3 aliphatic rings. The third-order valence-electron chi connectivity index (χ3n) is 7.80. The number of fused-ring (bicyclic) bond motifs is 1. The van der Waals surface area contributed by atoms with Crippen LogP contribution in [-0.2, 0) is 32.3 Å². The molecule has 0 spiro atoms. The molecule has 0 bridgehead atoms. The second kappa shape index (κ2) is 9.55. The van der Waals surface area contributed by atoms with Gasteiger partial charge >= 0.3 is 6.18 Å². The number of hydrogen-bond acceptors (Lipinski definition) is 5. The molecule has 1 N–H and O–H groups in total. The molecular weight excluding hydrogens is 483 g/mol. The summed E-state index contributed by atoms with van der Waals surface area (Å²) >= 11 is 0. The molecule has 1 aromatic carbocycles. The number of nitrogens with zero attached hydrogens (tertiary/aromatic N) is 2. The average molecular weight is 518 g/mol. The fourth-order valence-electron chi connectivity index (χ4n) is 5.73. The average Bonchev–Trinajstić information content (AvgIpc) is 3.22. The maximum Gasteiger partial charge on any atom is 0.416 e. The topological polar surface area (TPSA) is 79.0 Å². The Balaban J connectivity index is 1.61. The van der Waals surface area contributed by atoms with Gasteiger partial charge in [-0.3, -0.25) is 9.10 Å². The summed E-state index contributed by atoms with van der Waals surface area (Å²) in [5.41, 5.74) is -1.20. The van der Waals surface area contributed by atoms with E-state index in [0.29, 0.717) is 32.1 Å². The Morgan fingerprint density at radius 2 is 1.86 bits per heavy atom. The maximum atomic E-state index is 14.0. The third-order valence-corrected chi connectivity index (χ3v) is 8.91. The SMILES string of the molecule is CC(C)[C@]1(C(=O)N2Cc3cc(C(F)(F)F)ccc3N(S(C)(=O)=O)C2)CC[C@@H](NC2CCOCC2)C1. The lowest BCUT2D eigenvalue weighted by Gasteiger charge is -2.43. The third kappa shape index (κ3) is 5.32. The first-order valence-electron chi connectivity index (χ1n) is 12.1. The number of amides is 1. The molecule has 35 heavy (non-hydrogen) atoms. The number of carbonyl (C=O) groups is 1. The van der Waals surface area contributed by atoms with Crippen LogP contribution < -0.4 is 9.62 Å². The van der Waals surface area contributed by atoms with Crippen molar-refractivity contribution in [2.24, 2.45) is 11.3 Å². The molecule has 2 aliphatic heterocycles. The van der Waals surface area contributed by atoms with Crippen LogP contribution in [-0.4, -0.2) is 57.4 Å². The summed E-state index contributed by atoms with van der Waals surface area (Å²) in [5.74, 6) is -0.202. The summed E-state index contributed by atoms with van der Waals surface area (Å²) < 4.78 is 71.7. The molecule has 2 heterocycles. The normalized spacial score (nSPS) is 26.3. The lowest BCUT2D eigenvalue weighted by atomic mass is 9.74. The lowest BCUT2D eigenvalue weighted by molar-refractivity contribution is -0.145. The standard InChI is InChI=1S/C24H34F3N3O4S/c1-16(2)23(9-6-20(13-23)28-19-7-10-34-11-8-19)22(31)29-14-17-12-18(24(25,26)27)4-5-21(17)30(15-29)35(3,32)33/h4-5,12,16,19-20,28H,6-11,13-15H2,1-3H3/t20-,23+/m1/s1. The highest BCUT2D eigenvalue weighted by molar-refractivity contribution is 7.92. The molecule has 11 heteroatoms. The second-order valence-electron chi connectivity index (χ2n) is 10.4. The van der Waals surface area contributed by atoms with Crippen LogP contribution in [0.5, 0.6) is 0 Å². The zero-order chi connectivity index (χ0) is 25.6. The van der Waals surface area contributed by atoms with E-state index in [2.05, 4.69) is 5.32 Å². The van der Waals surface area contributed by atoms with Gasteiger partial charge in [-0.25, -0.2) is 8.42 Å². The van der Waals surface area contributed by atoms with E-state index in [4.69, 9.17) is 4.74 Å². The second-order valence-corrected chi connectivity index (χ2v) is 12.3. The number of anilines is 1. The first-order valence-corrected chi connectivity index (χ1v) is 14.0. The summed E-state index contributed by atoms with van der Waals surface area (Å²) in [5, 5.41) is 3.68. The monoisotopic (exact) mass is 517 g/mol. The summed E-state index contributed by atoms with van der Waals surface area (Å²) in [4.78, 5) is 15.4. The Morgan fingerprint density at radius 3 is 2.46 bits per heavy atom. The smallest absolute Gasteiger partial charge is 0.381 e. The molecule has 1 saturated carbocycles. The Kier molecular flexibility index (Phi) is 7.16. The molecule has 0 radical (unpaired) electrons. The molecule has 2 atom stereocenters. The minimum atomic E-state index is -4.56. The van der Waals surface area contributed by atoms with Crippen molar-refractivity contribution >= 4 is 21.6 Å². The molecule has 4 rings (SSSR count). The quantitative estimate of drug-likeness (QED) is 0.644. The summed E-state index contributed by atoms with van der Waals surface area (Å²) in [7, 11) is -3.81. The van der Waals surface area contributed by atoms with E-state index >= 15 is 0 Å². The van der Waals surface area contributed by atoms with E-state index in [9.17, 15) is 26.4 Å². The molecule has 1 saturated heterocycles. The van der Waals surface area contributed by atoms with Crippen molar-refractivity contribution in [1.29, 1.82) is 0 Å². The van der Waals surface area contributed by atoms with Crippen molar-refractivity contribution in [3.05, 3.63) is 29.3 Å². The summed E-state index contributed by atoms with van der Waals surface area (Å²) in [6.45, 7) is 5.14. The molecule has 2 fully saturated rings. The minimum Gasteiger partial charge on any atom is -0.381 e. The van der Waals surface area contributed by atoms with E-state index in [1.54, 1.807) is 0 Å². The van der Waals surface area contributed by atoms with Crippen molar-refractivity contribution in [3.8, 4) is 0 Å². The Labute approximate surface area is 205 Å². The van der Waals surface area contributed by atoms with Gasteiger partial charge in [0.1, 0.15) is 6.67 Å². The number of benzene rings is 1. The number of halogens is 3. The first-order chi connectivity index (χ1) is 16.3. The molecular formula is C24H34F3N3O4S. The number of hydrogen-bond donors (Lipinski definition) is 1. The summed E-state index contributed by atoms with van der Waals surface area (Å²) in [6.07, 6.45) is 0.370. The zero-order valence-electron chi connectivity index (χ0n) is 20.4. The number of alkyl halides is 3. The van der Waals surface area contributed by atoms with Crippen LogP contribution in [0.25, 0.3) is 0 Å². The highest BCUT2D eigenvalue weighted by atomic mass is 32.2. The fourth-order valence-corrected chi connectivity index (χ4v) is 6.62. The van der Waals surface area contributed by atoms with Gasteiger partial charge in [-0.1, -0.05) is 13.8 Å². The molecule has 0 unspecified atom stereocenters. The van der Waals surface area contributed by atoms with Crippen molar-refractivity contribution in [2.75, 3.05) is 30.4 Å². The van der Waals surface area contributed by atoms with Gasteiger partial charge in [-0.05, 0) is 61.8 Å². The van der Waals surface area contributed by atoms with Gasteiger partial charge in [-0.2, -0.15) is 13.2 Å². The van der Waals surface area contributed by atoms with Gasteiger partial charge in [0, 0.05) is 31.8 Å². The highest BCUT2D eigenvalue weighted by Crippen LogP contribution is 2.47. The van der Waals surface area contributed by atoms with Crippen molar-refractivity contribution in [1.82, 2.24) is 10.2 Å². The predicted molar refractivity (Wildman–Crippen MR) is 126 cm³/mol. The first kappa shape index (κ1) is 26.2. The maximum absolute atomic E-state index is 14.0. The van der Waals surface area contributed by atoms with E-state index in [0.717, 1.165) is 42.0 Å². The van der Waals surface area contributed by atoms with Crippen LogP contribution in [0, 0.1) is 11.3 Å². The number of carbonyl (C=O) groups excluding carboxylic acids is 1. The minimum absolute atomic E-state index is 0.00826. The van der Waals surface area contributed by atoms with Gasteiger partial charge in [0.15, 0.2) is 0 Å². The van der Waals surface area contributed by atoms with Gasteiger partial charge in [0.25, 0.3) is 0 Å². The van der Waals surface area contributed by atoms with E-state index in [-0.39, 0.29) is 42.3 Å². The van der Waals surface area contributed by atoms with Crippen LogP contribution >= 0.6 is 0 Å². The van der Waals surface area contributed by atoms with Crippen LogP contribution in [0.4, 0.5) is 18.9 Å². The van der Waals surface area contributed by atoms with Gasteiger partial charge in [0.2, 0.25) is 15.9 Å². The van der Waals surface area contributed by atoms with Crippen LogP contribution in [0.2, 0.25) is 0 Å². The van der Waals surface area contributed by atoms with Gasteiger partial charge in [0.05, 0.1) is 22.9 Å². The van der Waals surface area contributed by atoms with E-state index < -0.39 is 27.2 Å². The van der Waals surface area contributed by atoms with E-state index in [1.807, 2.05) is 13.8 Å². The molecule has 196 valence electrons. The lowest BCUT2D eigenvalue weighted by Crippen LogP contribution is -2.53. The number of ether oxygens (including phenoxy) is 1. The zero-order valence-corrected chi connectivity index (χ0v) is 21.2. The van der Waals surface area contributed by atoms with Crippen LogP contribution in [0.15, 0.2) is 18.2 Å². The van der Waals surface area contributed by atoms with Crippen molar-refractivity contribution in [2.45, 2.75) is 70.8 Å². The molecule has 1 aromatic rings. The Hall–Kier alpha value is -1.85. The van der Waals surface area contributed by atoms with Crippen molar-refractivity contribution < 1.29 is 31.1 Å². The highest BCUT2D eigenvalue weighted by Gasteiger charge is 2.50. The van der Waals surface area contributed by atoms with Gasteiger partial charge in [-0.15, -0.1) is 0 Å². The number of rotatable bonds is 5. The van der Waals surface area contributed by atoms with Gasteiger partial charge < -0.3 is 15.0 Å². The van der Waals surface area contributed by atoms with Crippen LogP contribution in [0.3, 0.4) is 0 Å². The molecule has 0 aromatic heterocycles. The number of nitrogens with one attached hydrogen (secondary N) is 1. The van der Waals surface area contributed by atoms with Crippen LogP contribution in [0.1, 0.15) is 57.1 Å². The molecule has 7 nitrogen and oxygen atoms in total. The number of sulfonamides is 1. The van der Waals surface area contributed by atoms with E-state index in [1.165, 1.54) is 11.0 Å².